The minimum absolute atomic E-state index is 0.0279. The third kappa shape index (κ3) is 3.06. The molecular weight excluding hydrogens is 383 g/mol. The highest BCUT2D eigenvalue weighted by Crippen LogP contribution is 2.30. The Labute approximate surface area is 154 Å². The number of halogens is 2. The predicted octanol–water partition coefficient (Wildman–Crippen LogP) is 2.28. The average Bonchev–Trinajstić information content (AvgIpc) is 2.79. The van der Waals surface area contributed by atoms with Crippen molar-refractivity contribution in [3.8, 4) is 0 Å². The van der Waals surface area contributed by atoms with E-state index in [2.05, 4.69) is 0 Å². The van der Waals surface area contributed by atoms with Gasteiger partial charge in [-0.25, -0.2) is 17.1 Å². The average molecular weight is 397 g/mol. The number of carbonyl (C=O) groups excluding carboxylic acids is 2. The lowest BCUT2D eigenvalue weighted by Gasteiger charge is -2.21. The van der Waals surface area contributed by atoms with Crippen molar-refractivity contribution < 1.29 is 22.4 Å². The number of hydrogen-bond acceptors (Lipinski definition) is 4. The highest BCUT2D eigenvalue weighted by atomic mass is 35.5. The molecule has 136 valence electrons. The maximum absolute atomic E-state index is 13.9. The Morgan fingerprint density at radius 2 is 1.88 bits per heavy atom. The Hall–Kier alpha value is -2.45. The van der Waals surface area contributed by atoms with Gasteiger partial charge in [-0.2, -0.15) is 0 Å². The third-order valence-corrected chi connectivity index (χ3v) is 6.21. The van der Waals surface area contributed by atoms with Crippen molar-refractivity contribution in [2.75, 3.05) is 13.6 Å². The highest BCUT2D eigenvalue weighted by molar-refractivity contribution is 7.90. The van der Waals surface area contributed by atoms with Gasteiger partial charge in [-0.3, -0.25) is 9.59 Å². The number of benzene rings is 2. The molecule has 9 heteroatoms. The van der Waals surface area contributed by atoms with Crippen molar-refractivity contribution in [2.45, 2.75) is 11.4 Å². The molecule has 0 spiro atoms. The number of rotatable bonds is 4. The van der Waals surface area contributed by atoms with Crippen molar-refractivity contribution in [1.82, 2.24) is 9.21 Å². The van der Waals surface area contributed by atoms with Gasteiger partial charge in [0.2, 0.25) is 5.91 Å². The molecule has 1 aliphatic heterocycles. The summed E-state index contributed by atoms with van der Waals surface area (Å²) in [7, 11) is -2.70. The van der Waals surface area contributed by atoms with E-state index >= 15 is 0 Å². The summed E-state index contributed by atoms with van der Waals surface area (Å²) in [6.07, 6.45) is 0. The number of hydrogen-bond donors (Lipinski definition) is 0. The van der Waals surface area contributed by atoms with Gasteiger partial charge in [-0.05, 0) is 24.3 Å². The zero-order valence-electron chi connectivity index (χ0n) is 13.6. The van der Waals surface area contributed by atoms with Crippen LogP contribution in [-0.4, -0.2) is 43.0 Å². The fraction of sp³-hybridized carbons (Fsp3) is 0.176. The van der Waals surface area contributed by atoms with Gasteiger partial charge in [-0.15, -0.1) is 0 Å². The topological polar surface area (TPSA) is 74.8 Å². The summed E-state index contributed by atoms with van der Waals surface area (Å²) < 4.78 is 39.3. The van der Waals surface area contributed by atoms with Crippen molar-refractivity contribution >= 4 is 33.4 Å². The van der Waals surface area contributed by atoms with Gasteiger partial charge >= 0.3 is 0 Å². The van der Waals surface area contributed by atoms with Crippen molar-refractivity contribution in [3.05, 3.63) is 64.4 Å². The normalized spacial score (nSPS) is 15.0. The molecule has 6 nitrogen and oxygen atoms in total. The van der Waals surface area contributed by atoms with E-state index in [1.54, 1.807) is 6.07 Å². The second-order valence-electron chi connectivity index (χ2n) is 5.76. The Morgan fingerprint density at radius 1 is 1.19 bits per heavy atom. The molecule has 0 aromatic heterocycles. The molecule has 0 fully saturated rings. The van der Waals surface area contributed by atoms with Crippen molar-refractivity contribution in [1.29, 1.82) is 0 Å². The Kier molecular flexibility index (Phi) is 4.72. The minimum atomic E-state index is -4.08. The molecule has 26 heavy (non-hydrogen) atoms. The van der Waals surface area contributed by atoms with E-state index in [0.29, 0.717) is 4.31 Å². The van der Waals surface area contributed by atoms with Crippen LogP contribution >= 0.6 is 11.6 Å². The van der Waals surface area contributed by atoms with Gasteiger partial charge in [0, 0.05) is 24.2 Å². The number of sulfonamides is 1. The lowest BCUT2D eigenvalue weighted by atomic mass is 10.2. The van der Waals surface area contributed by atoms with Crippen LogP contribution in [0.1, 0.15) is 15.9 Å². The van der Waals surface area contributed by atoms with E-state index in [1.165, 1.54) is 43.4 Å². The standard InChI is InChI=1S/C17H14ClFN2O4S/c1-20(9-12-13(18)6-4-7-14(12)19)16(22)10-21-17(23)11-5-2-3-8-15(11)26(21,24)25/h2-8H,9-10H2,1H3. The van der Waals surface area contributed by atoms with Gasteiger partial charge in [-0.1, -0.05) is 29.8 Å². The Bertz CT molecular complexity index is 989. The molecule has 0 saturated heterocycles. The van der Waals surface area contributed by atoms with E-state index < -0.39 is 34.2 Å². The molecule has 0 unspecified atom stereocenters. The largest absolute Gasteiger partial charge is 0.340 e. The van der Waals surface area contributed by atoms with Crippen LogP contribution in [0.3, 0.4) is 0 Å². The monoisotopic (exact) mass is 396 g/mol. The highest BCUT2D eigenvalue weighted by Gasteiger charge is 2.42. The van der Waals surface area contributed by atoms with Gasteiger partial charge in [0.25, 0.3) is 15.9 Å². The first-order valence-electron chi connectivity index (χ1n) is 7.56. The lowest BCUT2D eigenvalue weighted by Crippen LogP contribution is -2.41. The Morgan fingerprint density at radius 3 is 2.54 bits per heavy atom. The quantitative estimate of drug-likeness (QED) is 0.794. The molecule has 2 aromatic carbocycles. The predicted molar refractivity (Wildman–Crippen MR) is 92.5 cm³/mol. The fourth-order valence-electron chi connectivity index (χ4n) is 2.64. The van der Waals surface area contributed by atoms with Crippen LogP contribution in [0.25, 0.3) is 0 Å². The molecule has 0 N–H and O–H groups in total. The number of carbonyl (C=O) groups is 2. The van der Waals surface area contributed by atoms with Crippen LogP contribution in [0.5, 0.6) is 0 Å². The Balaban J connectivity index is 1.79. The smallest absolute Gasteiger partial charge is 0.269 e. The summed E-state index contributed by atoms with van der Waals surface area (Å²) in [5, 5.41) is 0.155. The van der Waals surface area contributed by atoms with Crippen LogP contribution in [0.15, 0.2) is 47.4 Å². The fourth-order valence-corrected chi connectivity index (χ4v) is 4.38. The maximum Gasteiger partial charge on any atom is 0.269 e. The molecule has 3 rings (SSSR count). The second-order valence-corrected chi connectivity index (χ2v) is 8.00. The van der Waals surface area contributed by atoms with Crippen LogP contribution < -0.4 is 0 Å². The summed E-state index contributed by atoms with van der Waals surface area (Å²) in [5.41, 5.74) is 0.143. The first-order chi connectivity index (χ1) is 12.2. The lowest BCUT2D eigenvalue weighted by molar-refractivity contribution is -0.130. The maximum atomic E-state index is 13.9. The molecule has 1 heterocycles. The van der Waals surface area contributed by atoms with Crippen LogP contribution in [0.2, 0.25) is 5.02 Å². The molecule has 2 amide bonds. The van der Waals surface area contributed by atoms with Crippen LogP contribution in [0.4, 0.5) is 4.39 Å². The number of amides is 2. The first kappa shape index (κ1) is 18.3. The van der Waals surface area contributed by atoms with E-state index in [1.807, 2.05) is 0 Å². The van der Waals surface area contributed by atoms with E-state index in [4.69, 9.17) is 11.6 Å². The molecule has 1 aliphatic rings. The van der Waals surface area contributed by atoms with E-state index in [-0.39, 0.29) is 27.6 Å². The van der Waals surface area contributed by atoms with Gasteiger partial charge < -0.3 is 4.90 Å². The minimum Gasteiger partial charge on any atom is -0.340 e. The van der Waals surface area contributed by atoms with Crippen LogP contribution in [0, 0.1) is 5.82 Å². The zero-order chi connectivity index (χ0) is 19.1. The summed E-state index contributed by atoms with van der Waals surface area (Å²) in [6.45, 7) is -0.822. The molecule has 2 aromatic rings. The first-order valence-corrected chi connectivity index (χ1v) is 9.38. The summed E-state index contributed by atoms with van der Waals surface area (Å²) >= 11 is 5.94. The van der Waals surface area contributed by atoms with Gasteiger partial charge in [0.1, 0.15) is 17.3 Å². The zero-order valence-corrected chi connectivity index (χ0v) is 15.2. The van der Waals surface area contributed by atoms with E-state index in [9.17, 15) is 22.4 Å². The summed E-state index contributed by atoms with van der Waals surface area (Å²) in [6, 6.07) is 9.90. The van der Waals surface area contributed by atoms with Gasteiger partial charge in [0.15, 0.2) is 0 Å². The molecule has 0 saturated carbocycles. The van der Waals surface area contributed by atoms with Crippen molar-refractivity contribution in [3.63, 3.8) is 0 Å². The van der Waals surface area contributed by atoms with Gasteiger partial charge in [0.05, 0.1) is 5.56 Å². The van der Waals surface area contributed by atoms with E-state index in [0.717, 1.165) is 4.90 Å². The van der Waals surface area contributed by atoms with Crippen molar-refractivity contribution in [2.24, 2.45) is 0 Å². The summed E-state index contributed by atoms with van der Waals surface area (Å²) in [5.74, 6) is -1.99. The molecule has 0 atom stereocenters. The third-order valence-electron chi connectivity index (χ3n) is 4.07. The SMILES string of the molecule is CN(Cc1c(F)cccc1Cl)C(=O)CN1C(=O)c2ccccc2S1(=O)=O. The number of fused-ring (bicyclic) bond motifs is 1. The summed E-state index contributed by atoms with van der Waals surface area (Å²) in [4.78, 5) is 25.7. The molecule has 0 radical (unpaired) electrons. The number of likely N-dealkylation sites (N-methyl/N-ethyl adjacent to an activating group) is 1. The van der Waals surface area contributed by atoms with Crippen LogP contribution in [-0.2, 0) is 21.4 Å². The molecule has 0 bridgehead atoms. The second kappa shape index (κ2) is 6.69. The number of nitrogens with zero attached hydrogens (tertiary/aromatic N) is 2. The molecular formula is C17H14ClFN2O4S. The molecule has 0 aliphatic carbocycles.